The van der Waals surface area contributed by atoms with Crippen LogP contribution in [-0.4, -0.2) is 54.8 Å². The lowest BCUT2D eigenvalue weighted by Gasteiger charge is -2.37. The number of rotatable bonds is 2. The number of carbonyl (C=O) groups excluding carboxylic acids is 1. The number of hydrogen-bond donors (Lipinski definition) is 0. The topological polar surface area (TPSA) is 54.5 Å². The Labute approximate surface area is 101 Å². The molecule has 92 valence electrons. The Balaban J connectivity index is 2.19. The molecule has 1 aliphatic carbocycles. The van der Waals surface area contributed by atoms with E-state index >= 15 is 0 Å². The Morgan fingerprint density at radius 3 is 2.75 bits per heavy atom. The molecule has 1 saturated heterocycles. The third-order valence-electron chi connectivity index (χ3n) is 3.29. The second-order valence-corrected chi connectivity index (χ2v) is 7.82. The number of sulfone groups is 1. The molecule has 1 heterocycles. The molecule has 4 nitrogen and oxygen atoms in total. The molecule has 0 aromatic carbocycles. The molecule has 2 atom stereocenters. The summed E-state index contributed by atoms with van der Waals surface area (Å²) in [5.74, 6) is 1.75. The molecule has 0 N–H and O–H groups in total. The minimum absolute atomic E-state index is 0.138. The van der Waals surface area contributed by atoms with Gasteiger partial charge in [0.15, 0.2) is 9.84 Å². The van der Waals surface area contributed by atoms with Crippen molar-refractivity contribution >= 4 is 27.4 Å². The molecular weight excluding hydrogens is 246 g/mol. The van der Waals surface area contributed by atoms with E-state index in [2.05, 4.69) is 0 Å². The van der Waals surface area contributed by atoms with Gasteiger partial charge in [0.2, 0.25) is 0 Å². The Morgan fingerprint density at radius 1 is 1.44 bits per heavy atom. The lowest BCUT2D eigenvalue weighted by atomic mass is 10.2. The third-order valence-corrected chi connectivity index (χ3v) is 5.95. The van der Waals surface area contributed by atoms with Crippen molar-refractivity contribution in [3.8, 4) is 0 Å². The van der Waals surface area contributed by atoms with Gasteiger partial charge in [-0.3, -0.25) is 9.69 Å². The molecule has 2 unspecified atom stereocenters. The second-order valence-electron chi connectivity index (χ2n) is 4.47. The summed E-state index contributed by atoms with van der Waals surface area (Å²) in [6, 6.07) is -0.138. The van der Waals surface area contributed by atoms with Gasteiger partial charge in [-0.2, -0.15) is 11.8 Å². The van der Waals surface area contributed by atoms with Gasteiger partial charge in [-0.1, -0.05) is 0 Å². The van der Waals surface area contributed by atoms with Gasteiger partial charge < -0.3 is 0 Å². The van der Waals surface area contributed by atoms with Crippen LogP contribution in [0.2, 0.25) is 0 Å². The first-order valence-electron chi connectivity index (χ1n) is 5.55. The molecule has 16 heavy (non-hydrogen) atoms. The zero-order valence-electron chi connectivity index (χ0n) is 9.39. The van der Waals surface area contributed by atoms with Crippen LogP contribution in [0.25, 0.3) is 0 Å². The van der Waals surface area contributed by atoms with Crippen molar-refractivity contribution in [1.29, 1.82) is 0 Å². The highest BCUT2D eigenvalue weighted by Gasteiger charge is 2.39. The van der Waals surface area contributed by atoms with Crippen LogP contribution < -0.4 is 0 Å². The Kier molecular flexibility index (Phi) is 3.61. The normalized spacial score (nSPS) is 33.2. The molecule has 0 bridgehead atoms. The largest absolute Gasteiger partial charge is 0.298 e. The van der Waals surface area contributed by atoms with Crippen molar-refractivity contribution in [2.75, 3.05) is 24.3 Å². The van der Waals surface area contributed by atoms with E-state index in [0.717, 1.165) is 25.1 Å². The van der Waals surface area contributed by atoms with Gasteiger partial charge >= 0.3 is 0 Å². The fraction of sp³-hybridized carbons (Fsp3) is 0.900. The molecule has 0 spiro atoms. The summed E-state index contributed by atoms with van der Waals surface area (Å²) in [6.07, 6.45) is 3.62. The van der Waals surface area contributed by atoms with E-state index in [9.17, 15) is 13.2 Å². The first-order valence-corrected chi connectivity index (χ1v) is 8.66. The van der Waals surface area contributed by atoms with Crippen molar-refractivity contribution in [1.82, 2.24) is 4.90 Å². The highest BCUT2D eigenvalue weighted by molar-refractivity contribution is 8.00. The summed E-state index contributed by atoms with van der Waals surface area (Å²) < 4.78 is 23.4. The van der Waals surface area contributed by atoms with E-state index in [-0.39, 0.29) is 11.8 Å². The molecule has 6 heteroatoms. The lowest BCUT2D eigenvalue weighted by molar-refractivity contribution is -0.122. The molecule has 2 rings (SSSR count). The monoisotopic (exact) mass is 263 g/mol. The molecule has 0 aromatic rings. The Morgan fingerprint density at radius 2 is 2.19 bits per heavy atom. The van der Waals surface area contributed by atoms with Crippen LogP contribution in [0, 0.1) is 0 Å². The predicted octanol–water partition coefficient (Wildman–Crippen LogP) is 0.527. The number of Topliss-reactive ketones (excluding diaryl/α,β-unsaturated/α-hetero) is 1. The predicted molar refractivity (Wildman–Crippen MR) is 65.3 cm³/mol. The summed E-state index contributed by atoms with van der Waals surface area (Å²) in [6.45, 7) is 0.721. The zero-order chi connectivity index (χ0) is 11.8. The molecule has 1 aliphatic heterocycles. The first kappa shape index (κ1) is 12.4. The first-order chi connectivity index (χ1) is 7.50. The van der Waals surface area contributed by atoms with E-state index < -0.39 is 15.2 Å². The second kappa shape index (κ2) is 4.66. The summed E-state index contributed by atoms with van der Waals surface area (Å²) in [5, 5.41) is -0.460. The van der Waals surface area contributed by atoms with Gasteiger partial charge in [-0.05, 0) is 12.8 Å². The SMILES string of the molecule is CS(=O)(=O)C1CSCCN1C1CCCC1=O. The molecule has 2 aliphatic rings. The van der Waals surface area contributed by atoms with Gasteiger partial charge in [-0.15, -0.1) is 0 Å². The smallest absolute Gasteiger partial charge is 0.164 e. The van der Waals surface area contributed by atoms with Crippen LogP contribution in [0.5, 0.6) is 0 Å². The van der Waals surface area contributed by atoms with Gasteiger partial charge in [-0.25, -0.2) is 8.42 Å². The van der Waals surface area contributed by atoms with Gasteiger partial charge in [0.25, 0.3) is 0 Å². The van der Waals surface area contributed by atoms with Crippen LogP contribution in [0.1, 0.15) is 19.3 Å². The summed E-state index contributed by atoms with van der Waals surface area (Å²) in [5.41, 5.74) is 0. The van der Waals surface area contributed by atoms with Crippen molar-refractivity contribution in [2.45, 2.75) is 30.7 Å². The standard InChI is InChI=1S/C10H17NO3S2/c1-16(13,14)10-7-15-6-5-11(10)8-3-2-4-9(8)12/h8,10H,2-7H2,1H3. The van der Waals surface area contributed by atoms with E-state index in [0.29, 0.717) is 12.2 Å². The molecular formula is C10H17NO3S2. The quantitative estimate of drug-likeness (QED) is 0.727. The van der Waals surface area contributed by atoms with Crippen LogP contribution in [-0.2, 0) is 14.6 Å². The molecule has 0 aromatic heterocycles. The molecule has 0 radical (unpaired) electrons. The number of thioether (sulfide) groups is 1. The van der Waals surface area contributed by atoms with Crippen molar-refractivity contribution in [2.24, 2.45) is 0 Å². The highest BCUT2D eigenvalue weighted by atomic mass is 32.2. The van der Waals surface area contributed by atoms with Crippen LogP contribution in [0.15, 0.2) is 0 Å². The fourth-order valence-corrected chi connectivity index (χ4v) is 5.39. The van der Waals surface area contributed by atoms with Crippen LogP contribution in [0.3, 0.4) is 0 Å². The van der Waals surface area contributed by atoms with E-state index in [1.807, 2.05) is 4.90 Å². The van der Waals surface area contributed by atoms with Crippen molar-refractivity contribution < 1.29 is 13.2 Å². The Hall–Kier alpha value is -0.0700. The summed E-state index contributed by atoms with van der Waals surface area (Å²) in [7, 11) is -3.08. The molecule has 2 fully saturated rings. The minimum Gasteiger partial charge on any atom is -0.298 e. The van der Waals surface area contributed by atoms with Crippen molar-refractivity contribution in [3.63, 3.8) is 0 Å². The highest BCUT2D eigenvalue weighted by Crippen LogP contribution is 2.28. The fourth-order valence-electron chi connectivity index (χ4n) is 2.47. The average Bonchev–Trinajstić information content (AvgIpc) is 2.63. The Bertz CT molecular complexity index is 380. The number of nitrogens with zero attached hydrogens (tertiary/aromatic N) is 1. The van der Waals surface area contributed by atoms with E-state index in [1.54, 1.807) is 11.8 Å². The van der Waals surface area contributed by atoms with E-state index in [1.165, 1.54) is 6.26 Å². The average molecular weight is 263 g/mol. The van der Waals surface area contributed by atoms with Gasteiger partial charge in [0, 0.05) is 30.7 Å². The summed E-state index contributed by atoms with van der Waals surface area (Å²) >= 11 is 1.66. The zero-order valence-corrected chi connectivity index (χ0v) is 11.0. The van der Waals surface area contributed by atoms with Gasteiger partial charge in [0.05, 0.1) is 6.04 Å². The van der Waals surface area contributed by atoms with Crippen LogP contribution >= 0.6 is 11.8 Å². The number of hydrogen-bond acceptors (Lipinski definition) is 5. The number of carbonyl (C=O) groups is 1. The van der Waals surface area contributed by atoms with Crippen molar-refractivity contribution in [3.05, 3.63) is 0 Å². The van der Waals surface area contributed by atoms with E-state index in [4.69, 9.17) is 0 Å². The van der Waals surface area contributed by atoms with Gasteiger partial charge in [0.1, 0.15) is 11.2 Å². The lowest BCUT2D eigenvalue weighted by Crippen LogP contribution is -2.53. The maximum atomic E-state index is 11.7. The maximum absolute atomic E-state index is 11.7. The minimum atomic E-state index is -3.08. The summed E-state index contributed by atoms with van der Waals surface area (Å²) in [4.78, 5) is 13.6. The molecule has 0 amide bonds. The molecule has 1 saturated carbocycles. The number of ketones is 1. The third kappa shape index (κ3) is 2.43. The van der Waals surface area contributed by atoms with Crippen LogP contribution in [0.4, 0.5) is 0 Å². The maximum Gasteiger partial charge on any atom is 0.164 e.